The van der Waals surface area contributed by atoms with E-state index in [1.165, 1.54) is 4.90 Å². The molecule has 1 atom stereocenters. The number of carbonyl (C=O) groups is 3. The van der Waals surface area contributed by atoms with Crippen molar-refractivity contribution in [3.8, 4) is 5.75 Å². The van der Waals surface area contributed by atoms with Crippen LogP contribution >= 0.6 is 0 Å². The molecule has 7 heteroatoms. The molecule has 1 fully saturated rings. The van der Waals surface area contributed by atoms with Crippen LogP contribution < -0.4 is 20.7 Å². The average Bonchev–Trinajstić information content (AvgIpc) is 2.72. The molecule has 0 saturated carbocycles. The van der Waals surface area contributed by atoms with E-state index in [2.05, 4.69) is 5.32 Å². The van der Waals surface area contributed by atoms with E-state index in [1.807, 2.05) is 47.6 Å². The monoisotopic (exact) mass is 407 g/mol. The molecule has 0 bridgehead atoms. The van der Waals surface area contributed by atoms with Gasteiger partial charge in [-0.2, -0.15) is 0 Å². The number of amides is 3. The van der Waals surface area contributed by atoms with Gasteiger partial charge in [-0.05, 0) is 43.5 Å². The minimum Gasteiger partial charge on any atom is -0.492 e. The molecule has 1 aliphatic heterocycles. The van der Waals surface area contributed by atoms with E-state index in [9.17, 15) is 14.4 Å². The van der Waals surface area contributed by atoms with Crippen molar-refractivity contribution >= 4 is 23.4 Å². The molecule has 0 aliphatic carbocycles. The highest BCUT2D eigenvalue weighted by atomic mass is 16.5. The van der Waals surface area contributed by atoms with Gasteiger partial charge in [-0.25, -0.2) is 0 Å². The number of anilines is 1. The normalized spacial score (nSPS) is 15.2. The Labute approximate surface area is 175 Å². The number of nitrogens with two attached hydrogens (primary N) is 1. The van der Waals surface area contributed by atoms with Gasteiger partial charge in [0.25, 0.3) is 0 Å². The minimum atomic E-state index is -0.675. The van der Waals surface area contributed by atoms with Crippen LogP contribution in [0.15, 0.2) is 18.2 Å². The summed E-state index contributed by atoms with van der Waals surface area (Å²) >= 11 is 0. The molecule has 0 spiro atoms. The highest BCUT2D eigenvalue weighted by molar-refractivity contribution is 6.07. The lowest BCUT2D eigenvalue weighted by molar-refractivity contribution is -0.135. The highest BCUT2D eigenvalue weighted by Crippen LogP contribution is 2.29. The number of aryl methyl sites for hydroxylation is 1. The fourth-order valence-electron chi connectivity index (χ4n) is 2.90. The number of piperidine rings is 1. The molecule has 0 radical (unpaired) electrons. The first-order valence-electron chi connectivity index (χ1n) is 10.6. The van der Waals surface area contributed by atoms with E-state index in [0.717, 1.165) is 5.56 Å². The molecule has 1 aliphatic rings. The maximum Gasteiger partial charge on any atom is 0.249 e. The molecular formula is C22H37N3O4. The SMILES string of the molecule is CC.CC.CCCC(=O)N(c1ccc(OCCN)cc1C)C1CCC(=O)NC1=O. The van der Waals surface area contributed by atoms with Gasteiger partial charge in [-0.3, -0.25) is 24.6 Å². The lowest BCUT2D eigenvalue weighted by Gasteiger charge is -2.34. The van der Waals surface area contributed by atoms with Gasteiger partial charge < -0.3 is 10.5 Å². The fourth-order valence-corrected chi connectivity index (χ4v) is 2.90. The quantitative estimate of drug-likeness (QED) is 0.675. The van der Waals surface area contributed by atoms with Crippen molar-refractivity contribution in [3.05, 3.63) is 23.8 Å². The van der Waals surface area contributed by atoms with Crippen molar-refractivity contribution in [1.82, 2.24) is 5.32 Å². The summed E-state index contributed by atoms with van der Waals surface area (Å²) in [4.78, 5) is 37.9. The summed E-state index contributed by atoms with van der Waals surface area (Å²) in [6, 6.07) is 4.68. The number of ether oxygens (including phenoxy) is 1. The number of hydrogen-bond donors (Lipinski definition) is 2. The van der Waals surface area contributed by atoms with E-state index in [-0.39, 0.29) is 18.2 Å². The van der Waals surface area contributed by atoms with Crippen LogP contribution in [0.4, 0.5) is 5.69 Å². The molecule has 3 N–H and O–H groups in total. The van der Waals surface area contributed by atoms with Crippen LogP contribution in [0.25, 0.3) is 0 Å². The van der Waals surface area contributed by atoms with Gasteiger partial charge in [-0.15, -0.1) is 0 Å². The average molecular weight is 408 g/mol. The smallest absolute Gasteiger partial charge is 0.249 e. The number of nitrogens with zero attached hydrogens (tertiary/aromatic N) is 1. The molecule has 1 unspecified atom stereocenters. The van der Waals surface area contributed by atoms with Crippen molar-refractivity contribution in [3.63, 3.8) is 0 Å². The van der Waals surface area contributed by atoms with Crippen molar-refractivity contribution in [1.29, 1.82) is 0 Å². The van der Waals surface area contributed by atoms with Crippen molar-refractivity contribution in [2.24, 2.45) is 5.73 Å². The molecule has 1 aromatic rings. The maximum absolute atomic E-state index is 12.7. The van der Waals surface area contributed by atoms with Gasteiger partial charge in [0.1, 0.15) is 18.4 Å². The van der Waals surface area contributed by atoms with Crippen LogP contribution in [0.3, 0.4) is 0 Å². The number of benzene rings is 1. The molecule has 0 aromatic heterocycles. The summed E-state index contributed by atoms with van der Waals surface area (Å²) in [5.41, 5.74) is 6.92. The van der Waals surface area contributed by atoms with Crippen molar-refractivity contribution < 1.29 is 19.1 Å². The Balaban J connectivity index is 0.00000184. The second-order valence-corrected chi connectivity index (χ2v) is 6.07. The first-order chi connectivity index (χ1) is 14.0. The summed E-state index contributed by atoms with van der Waals surface area (Å²) in [6.07, 6.45) is 1.57. The number of imide groups is 1. The molecule has 7 nitrogen and oxygen atoms in total. The van der Waals surface area contributed by atoms with Gasteiger partial charge in [0, 0.05) is 25.1 Å². The molecule has 1 heterocycles. The number of carbonyl (C=O) groups excluding carboxylic acids is 3. The largest absolute Gasteiger partial charge is 0.492 e. The molecule has 1 saturated heterocycles. The Morgan fingerprint density at radius 2 is 1.90 bits per heavy atom. The van der Waals surface area contributed by atoms with E-state index >= 15 is 0 Å². The van der Waals surface area contributed by atoms with Gasteiger partial charge in [0.15, 0.2) is 0 Å². The third-order valence-electron chi connectivity index (χ3n) is 4.07. The summed E-state index contributed by atoms with van der Waals surface area (Å²) in [5, 5.41) is 2.32. The Morgan fingerprint density at radius 3 is 2.41 bits per heavy atom. The zero-order valence-electron chi connectivity index (χ0n) is 18.7. The summed E-state index contributed by atoms with van der Waals surface area (Å²) < 4.78 is 5.51. The van der Waals surface area contributed by atoms with E-state index in [4.69, 9.17) is 10.5 Å². The summed E-state index contributed by atoms with van der Waals surface area (Å²) in [6.45, 7) is 12.6. The Bertz CT molecular complexity index is 661. The Hall–Kier alpha value is -2.41. The van der Waals surface area contributed by atoms with Crippen LogP contribution in [0.1, 0.15) is 65.9 Å². The van der Waals surface area contributed by atoms with E-state index in [0.29, 0.717) is 43.9 Å². The zero-order chi connectivity index (χ0) is 22.4. The maximum atomic E-state index is 12.7. The first-order valence-corrected chi connectivity index (χ1v) is 10.6. The van der Waals surface area contributed by atoms with E-state index in [1.54, 1.807) is 12.1 Å². The van der Waals surface area contributed by atoms with Crippen LogP contribution in [-0.2, 0) is 14.4 Å². The molecule has 164 valence electrons. The van der Waals surface area contributed by atoms with Crippen molar-refractivity contribution in [2.45, 2.75) is 73.3 Å². The number of rotatable bonds is 7. The van der Waals surface area contributed by atoms with Crippen LogP contribution in [0, 0.1) is 6.92 Å². The van der Waals surface area contributed by atoms with Gasteiger partial charge in [0.05, 0.1) is 0 Å². The second kappa shape index (κ2) is 14.6. The predicted molar refractivity (Wildman–Crippen MR) is 117 cm³/mol. The minimum absolute atomic E-state index is 0.129. The third kappa shape index (κ3) is 7.85. The molecule has 2 rings (SSSR count). The third-order valence-corrected chi connectivity index (χ3v) is 4.07. The fraction of sp³-hybridized carbons (Fsp3) is 0.591. The topological polar surface area (TPSA) is 102 Å². The Kier molecular flexibility index (Phi) is 13.4. The van der Waals surface area contributed by atoms with Crippen LogP contribution in [-0.4, -0.2) is 36.9 Å². The second-order valence-electron chi connectivity index (χ2n) is 6.07. The van der Waals surface area contributed by atoms with Gasteiger partial charge >= 0.3 is 0 Å². The molecule has 1 aromatic carbocycles. The van der Waals surface area contributed by atoms with Crippen LogP contribution in [0.5, 0.6) is 5.75 Å². The van der Waals surface area contributed by atoms with E-state index < -0.39 is 11.9 Å². The molecule has 29 heavy (non-hydrogen) atoms. The van der Waals surface area contributed by atoms with Gasteiger partial charge in [-0.1, -0.05) is 34.6 Å². The van der Waals surface area contributed by atoms with Gasteiger partial charge in [0.2, 0.25) is 17.7 Å². The lowest BCUT2D eigenvalue weighted by Crippen LogP contribution is -2.54. The standard InChI is InChI=1S/C18H25N3O4.2C2H6/c1-3-4-17(23)21(15-7-8-16(22)20-18(15)24)14-6-5-13(11-12(14)2)25-10-9-19;2*1-2/h5-6,11,15H,3-4,7-10,19H2,1-2H3,(H,20,22,24);2*1-2H3. The molecular weight excluding hydrogens is 370 g/mol. The first kappa shape index (κ1) is 26.6. The summed E-state index contributed by atoms with van der Waals surface area (Å²) in [7, 11) is 0. The van der Waals surface area contributed by atoms with Crippen LogP contribution in [0.2, 0.25) is 0 Å². The number of hydrogen-bond acceptors (Lipinski definition) is 5. The van der Waals surface area contributed by atoms with Crippen molar-refractivity contribution in [2.75, 3.05) is 18.1 Å². The summed E-state index contributed by atoms with van der Waals surface area (Å²) in [5.74, 6) is -0.191. The lowest BCUT2D eigenvalue weighted by atomic mass is 10.0. The number of nitrogens with one attached hydrogen (secondary N) is 1. The molecule has 3 amide bonds. The Morgan fingerprint density at radius 1 is 1.24 bits per heavy atom. The highest BCUT2D eigenvalue weighted by Gasteiger charge is 2.35. The predicted octanol–water partition coefficient (Wildman–Crippen LogP) is 3.32. The zero-order valence-corrected chi connectivity index (χ0v) is 18.7.